The van der Waals surface area contributed by atoms with Crippen LogP contribution in [-0.2, 0) is 6.54 Å². The monoisotopic (exact) mass is 477 g/mol. The van der Waals surface area contributed by atoms with Crippen molar-refractivity contribution in [2.75, 3.05) is 13.7 Å². The van der Waals surface area contributed by atoms with Gasteiger partial charge in [0.15, 0.2) is 17.3 Å². The van der Waals surface area contributed by atoms with Crippen molar-refractivity contribution in [3.8, 4) is 17.6 Å². The summed E-state index contributed by atoms with van der Waals surface area (Å²) < 4.78 is 13.0. The summed E-state index contributed by atoms with van der Waals surface area (Å²) in [6.07, 6.45) is 1.79. The van der Waals surface area contributed by atoms with E-state index in [-0.39, 0.29) is 0 Å². The van der Waals surface area contributed by atoms with Gasteiger partial charge >= 0.3 is 0 Å². The lowest BCUT2D eigenvalue weighted by Gasteiger charge is -2.12. The number of hydrogen-bond donors (Lipinski definition) is 0. The van der Waals surface area contributed by atoms with E-state index in [4.69, 9.17) is 37.7 Å². The predicted octanol–water partition coefficient (Wildman–Crippen LogP) is 6.86. The van der Waals surface area contributed by atoms with E-state index in [9.17, 15) is 5.26 Å². The van der Waals surface area contributed by atoms with Crippen LogP contribution >= 0.6 is 23.2 Å². The first-order chi connectivity index (χ1) is 16.0. The number of nitrogens with zero attached hydrogens (tertiary/aromatic N) is 3. The molecule has 0 aliphatic heterocycles. The number of para-hydroxylation sites is 2. The number of halogens is 2. The fourth-order valence-electron chi connectivity index (χ4n) is 3.62. The van der Waals surface area contributed by atoms with E-state index in [0.717, 1.165) is 22.2 Å². The van der Waals surface area contributed by atoms with Crippen molar-refractivity contribution in [3.63, 3.8) is 0 Å². The van der Waals surface area contributed by atoms with E-state index in [1.165, 1.54) is 0 Å². The molecule has 0 atom stereocenters. The summed E-state index contributed by atoms with van der Waals surface area (Å²) in [5.74, 6) is 1.81. The molecule has 0 bridgehead atoms. The van der Waals surface area contributed by atoms with E-state index in [1.807, 2.05) is 60.0 Å². The zero-order chi connectivity index (χ0) is 23.4. The highest BCUT2D eigenvalue weighted by molar-refractivity contribution is 6.35. The van der Waals surface area contributed by atoms with Gasteiger partial charge in [0.2, 0.25) is 0 Å². The molecular weight excluding hydrogens is 457 g/mol. The molecule has 1 aromatic heterocycles. The number of rotatable bonds is 7. The lowest BCUT2D eigenvalue weighted by molar-refractivity contribution is 0.311. The SMILES string of the molecule is CCOc1ccc(/C=C(\C#N)c2nc3ccccc3n2Cc2ccc(Cl)cc2Cl)cc1OC. The second-order valence-corrected chi connectivity index (χ2v) is 8.10. The first kappa shape index (κ1) is 22.7. The summed E-state index contributed by atoms with van der Waals surface area (Å²) in [5.41, 5.74) is 3.80. The van der Waals surface area contributed by atoms with Gasteiger partial charge in [-0.2, -0.15) is 5.26 Å². The molecule has 4 aromatic rings. The number of nitriles is 1. The van der Waals surface area contributed by atoms with Gasteiger partial charge in [0.25, 0.3) is 0 Å². The second kappa shape index (κ2) is 9.99. The van der Waals surface area contributed by atoms with Gasteiger partial charge in [-0.25, -0.2) is 4.98 Å². The number of aromatic nitrogens is 2. The molecule has 33 heavy (non-hydrogen) atoms. The van der Waals surface area contributed by atoms with Gasteiger partial charge in [0, 0.05) is 10.0 Å². The van der Waals surface area contributed by atoms with E-state index in [2.05, 4.69) is 6.07 Å². The molecule has 0 spiro atoms. The summed E-state index contributed by atoms with van der Waals surface area (Å²) in [6.45, 7) is 2.89. The molecule has 166 valence electrons. The Morgan fingerprint density at radius 3 is 2.64 bits per heavy atom. The van der Waals surface area contributed by atoms with E-state index >= 15 is 0 Å². The average Bonchev–Trinajstić information content (AvgIpc) is 3.18. The van der Waals surface area contributed by atoms with Gasteiger partial charge < -0.3 is 14.0 Å². The Morgan fingerprint density at radius 2 is 1.91 bits per heavy atom. The molecule has 0 unspecified atom stereocenters. The van der Waals surface area contributed by atoms with Gasteiger partial charge in [-0.1, -0.05) is 47.5 Å². The summed E-state index contributed by atoms with van der Waals surface area (Å²) in [5, 5.41) is 11.2. The Labute approximate surface area is 202 Å². The Bertz CT molecular complexity index is 1390. The smallest absolute Gasteiger partial charge is 0.161 e. The molecule has 3 aromatic carbocycles. The number of fused-ring (bicyclic) bond motifs is 1. The third kappa shape index (κ3) is 4.83. The summed E-state index contributed by atoms with van der Waals surface area (Å²) in [6, 6.07) is 21.0. The predicted molar refractivity (Wildman–Crippen MR) is 133 cm³/mol. The van der Waals surface area contributed by atoms with Crippen LogP contribution in [0.1, 0.15) is 23.9 Å². The number of ether oxygens (including phenoxy) is 2. The Morgan fingerprint density at radius 1 is 1.09 bits per heavy atom. The molecule has 0 aliphatic rings. The Balaban J connectivity index is 1.82. The molecule has 7 heteroatoms. The van der Waals surface area contributed by atoms with Crippen molar-refractivity contribution >= 4 is 45.9 Å². The van der Waals surface area contributed by atoms with Crippen molar-refractivity contribution in [2.24, 2.45) is 0 Å². The highest BCUT2D eigenvalue weighted by Crippen LogP contribution is 2.31. The maximum Gasteiger partial charge on any atom is 0.161 e. The van der Waals surface area contributed by atoms with Crippen molar-refractivity contribution in [1.82, 2.24) is 9.55 Å². The topological polar surface area (TPSA) is 60.1 Å². The molecular formula is C26H21Cl2N3O2. The standard InChI is InChI=1S/C26H21Cl2N3O2/c1-3-33-24-11-8-17(13-25(24)32-2)12-19(15-29)26-30-22-6-4-5-7-23(22)31(26)16-18-9-10-20(27)14-21(18)28/h4-14H,3,16H2,1-2H3/b19-12+. The van der Waals surface area contributed by atoms with Crippen molar-refractivity contribution in [1.29, 1.82) is 5.26 Å². The van der Waals surface area contributed by atoms with Crippen molar-refractivity contribution in [3.05, 3.63) is 87.7 Å². The van der Waals surface area contributed by atoms with Crippen LogP contribution in [-0.4, -0.2) is 23.3 Å². The van der Waals surface area contributed by atoms with Gasteiger partial charge in [0.05, 0.1) is 36.9 Å². The number of allylic oxidation sites excluding steroid dienone is 1. The first-order valence-electron chi connectivity index (χ1n) is 10.4. The number of hydrogen-bond acceptors (Lipinski definition) is 4. The normalized spacial score (nSPS) is 11.4. The molecule has 0 saturated heterocycles. The largest absolute Gasteiger partial charge is 0.493 e. The zero-order valence-electron chi connectivity index (χ0n) is 18.2. The summed E-state index contributed by atoms with van der Waals surface area (Å²) in [4.78, 5) is 4.76. The van der Waals surface area contributed by atoms with E-state index < -0.39 is 0 Å². The molecule has 0 N–H and O–H groups in total. The maximum absolute atomic E-state index is 10.0. The van der Waals surface area contributed by atoms with Crippen LogP contribution < -0.4 is 9.47 Å². The van der Waals surface area contributed by atoms with Crippen LogP contribution in [0.25, 0.3) is 22.7 Å². The van der Waals surface area contributed by atoms with Crippen molar-refractivity contribution in [2.45, 2.75) is 13.5 Å². The summed E-state index contributed by atoms with van der Waals surface area (Å²) >= 11 is 12.5. The number of benzene rings is 3. The molecule has 1 heterocycles. The lowest BCUT2D eigenvalue weighted by atomic mass is 10.1. The summed E-state index contributed by atoms with van der Waals surface area (Å²) in [7, 11) is 1.59. The minimum absolute atomic E-state index is 0.419. The molecule has 0 amide bonds. The second-order valence-electron chi connectivity index (χ2n) is 7.26. The van der Waals surface area contributed by atoms with Gasteiger partial charge in [0.1, 0.15) is 6.07 Å². The first-order valence-corrected chi connectivity index (χ1v) is 11.1. The number of imidazole rings is 1. The Kier molecular flexibility index (Phi) is 6.88. The fraction of sp³-hybridized carbons (Fsp3) is 0.154. The highest BCUT2D eigenvalue weighted by atomic mass is 35.5. The van der Waals surface area contributed by atoms with Gasteiger partial charge in [-0.3, -0.25) is 0 Å². The maximum atomic E-state index is 10.0. The van der Waals surface area contributed by atoms with Crippen LogP contribution in [0.15, 0.2) is 60.7 Å². The minimum atomic E-state index is 0.419. The van der Waals surface area contributed by atoms with Crippen LogP contribution in [0.3, 0.4) is 0 Å². The molecule has 5 nitrogen and oxygen atoms in total. The molecule has 4 rings (SSSR count). The molecule has 0 aliphatic carbocycles. The van der Waals surface area contributed by atoms with Crippen LogP contribution in [0, 0.1) is 11.3 Å². The molecule has 0 fully saturated rings. The average molecular weight is 478 g/mol. The van der Waals surface area contributed by atoms with Crippen LogP contribution in [0.4, 0.5) is 0 Å². The van der Waals surface area contributed by atoms with E-state index in [1.54, 1.807) is 25.3 Å². The quantitative estimate of drug-likeness (QED) is 0.272. The van der Waals surface area contributed by atoms with Crippen LogP contribution in [0.2, 0.25) is 10.0 Å². The van der Waals surface area contributed by atoms with Gasteiger partial charge in [-0.15, -0.1) is 0 Å². The Hall–Kier alpha value is -3.46. The zero-order valence-corrected chi connectivity index (χ0v) is 19.7. The van der Waals surface area contributed by atoms with E-state index in [0.29, 0.717) is 46.1 Å². The lowest BCUT2D eigenvalue weighted by Crippen LogP contribution is -2.05. The molecule has 0 radical (unpaired) electrons. The molecule has 0 saturated carbocycles. The minimum Gasteiger partial charge on any atom is -0.493 e. The third-order valence-corrected chi connectivity index (χ3v) is 5.74. The fourth-order valence-corrected chi connectivity index (χ4v) is 4.09. The number of methoxy groups -OCH3 is 1. The van der Waals surface area contributed by atoms with Crippen molar-refractivity contribution < 1.29 is 9.47 Å². The highest BCUT2D eigenvalue weighted by Gasteiger charge is 2.16. The van der Waals surface area contributed by atoms with Crippen LogP contribution in [0.5, 0.6) is 11.5 Å². The van der Waals surface area contributed by atoms with Gasteiger partial charge in [-0.05, 0) is 60.5 Å². The third-order valence-electron chi connectivity index (χ3n) is 5.16.